The maximum Gasteiger partial charge on any atom is 0.335 e. The summed E-state index contributed by atoms with van der Waals surface area (Å²) in [6, 6.07) is 5.46. The first-order valence-corrected chi connectivity index (χ1v) is 5.25. The average molecular weight is 205 g/mol. The van der Waals surface area contributed by atoms with Gasteiger partial charge in [-0.3, -0.25) is 0 Å². The van der Waals surface area contributed by atoms with Crippen LogP contribution < -0.4 is 5.32 Å². The van der Waals surface area contributed by atoms with Crippen molar-refractivity contribution in [2.24, 2.45) is 0 Å². The standard InChI is InChI=1S/C12H15NO2/c1-8-7-13-5-4-9-2-3-10(12(14)15)6-11(8)9/h2-3,6,8,13H,4-5,7H2,1H3,(H,14,15)/t8-/m1/s1. The predicted octanol–water partition coefficient (Wildman–Crippen LogP) is 1.63. The lowest BCUT2D eigenvalue weighted by molar-refractivity contribution is 0.0696. The fraction of sp³-hybridized carbons (Fsp3) is 0.417. The van der Waals surface area contributed by atoms with Gasteiger partial charge in [-0.05, 0) is 42.1 Å². The van der Waals surface area contributed by atoms with E-state index in [1.54, 1.807) is 6.07 Å². The Labute approximate surface area is 89.1 Å². The Kier molecular flexibility index (Phi) is 2.73. The van der Waals surface area contributed by atoms with E-state index in [0.717, 1.165) is 19.5 Å². The molecule has 1 atom stereocenters. The first-order chi connectivity index (χ1) is 7.18. The molecule has 3 heteroatoms. The van der Waals surface area contributed by atoms with Crippen LogP contribution in [0.4, 0.5) is 0 Å². The third kappa shape index (κ3) is 2.02. The molecule has 0 saturated heterocycles. The summed E-state index contributed by atoms with van der Waals surface area (Å²) in [4.78, 5) is 10.9. The van der Waals surface area contributed by atoms with Crippen molar-refractivity contribution in [1.29, 1.82) is 0 Å². The zero-order chi connectivity index (χ0) is 10.8. The van der Waals surface area contributed by atoms with E-state index in [-0.39, 0.29) is 0 Å². The number of nitrogens with one attached hydrogen (secondary N) is 1. The van der Waals surface area contributed by atoms with Crippen LogP contribution in [-0.4, -0.2) is 24.2 Å². The molecule has 2 N–H and O–H groups in total. The van der Waals surface area contributed by atoms with Crippen molar-refractivity contribution >= 4 is 5.97 Å². The van der Waals surface area contributed by atoms with Crippen LogP contribution in [0.2, 0.25) is 0 Å². The van der Waals surface area contributed by atoms with Gasteiger partial charge >= 0.3 is 5.97 Å². The molecule has 1 heterocycles. The summed E-state index contributed by atoms with van der Waals surface area (Å²) in [6.07, 6.45) is 0.986. The van der Waals surface area contributed by atoms with Gasteiger partial charge in [0.1, 0.15) is 0 Å². The summed E-state index contributed by atoms with van der Waals surface area (Å²) in [7, 11) is 0. The van der Waals surface area contributed by atoms with Crippen LogP contribution >= 0.6 is 0 Å². The van der Waals surface area contributed by atoms with Crippen molar-refractivity contribution in [3.05, 3.63) is 34.9 Å². The van der Waals surface area contributed by atoms with Gasteiger partial charge in [0, 0.05) is 6.54 Å². The van der Waals surface area contributed by atoms with Crippen LogP contribution in [0, 0.1) is 0 Å². The second-order valence-corrected chi connectivity index (χ2v) is 4.07. The van der Waals surface area contributed by atoms with Crippen molar-refractivity contribution in [3.8, 4) is 0 Å². The van der Waals surface area contributed by atoms with Crippen LogP contribution in [0.3, 0.4) is 0 Å². The molecule has 1 aromatic rings. The third-order valence-corrected chi connectivity index (χ3v) is 2.95. The van der Waals surface area contributed by atoms with Gasteiger partial charge < -0.3 is 10.4 Å². The summed E-state index contributed by atoms with van der Waals surface area (Å²) < 4.78 is 0. The van der Waals surface area contributed by atoms with Gasteiger partial charge in [-0.2, -0.15) is 0 Å². The number of carboxylic acids is 1. The van der Waals surface area contributed by atoms with Gasteiger partial charge in [0.05, 0.1) is 5.56 Å². The van der Waals surface area contributed by atoms with Crippen LogP contribution in [0.1, 0.15) is 34.3 Å². The smallest absolute Gasteiger partial charge is 0.335 e. The predicted molar refractivity (Wildman–Crippen MR) is 58.4 cm³/mol. The zero-order valence-corrected chi connectivity index (χ0v) is 8.79. The summed E-state index contributed by atoms with van der Waals surface area (Å²) >= 11 is 0. The summed E-state index contributed by atoms with van der Waals surface area (Å²) in [5.74, 6) is -0.455. The van der Waals surface area contributed by atoms with E-state index >= 15 is 0 Å². The monoisotopic (exact) mass is 205 g/mol. The molecule has 1 aliphatic heterocycles. The normalized spacial score (nSPS) is 20.5. The molecule has 0 spiro atoms. The van der Waals surface area contributed by atoms with Gasteiger partial charge in [0.2, 0.25) is 0 Å². The Balaban J connectivity index is 2.44. The summed E-state index contributed by atoms with van der Waals surface area (Å²) in [6.45, 7) is 4.03. The minimum Gasteiger partial charge on any atom is -0.478 e. The highest BCUT2D eigenvalue weighted by Crippen LogP contribution is 2.23. The Morgan fingerprint density at radius 2 is 2.33 bits per heavy atom. The highest BCUT2D eigenvalue weighted by molar-refractivity contribution is 5.88. The molecule has 15 heavy (non-hydrogen) atoms. The van der Waals surface area contributed by atoms with Crippen molar-refractivity contribution in [2.75, 3.05) is 13.1 Å². The molecular weight excluding hydrogens is 190 g/mol. The van der Waals surface area contributed by atoms with Gasteiger partial charge in [0.15, 0.2) is 0 Å². The number of carbonyl (C=O) groups is 1. The number of rotatable bonds is 1. The Morgan fingerprint density at radius 1 is 1.53 bits per heavy atom. The molecule has 0 aliphatic carbocycles. The topological polar surface area (TPSA) is 49.3 Å². The number of hydrogen-bond acceptors (Lipinski definition) is 2. The van der Waals surface area contributed by atoms with E-state index in [0.29, 0.717) is 11.5 Å². The zero-order valence-electron chi connectivity index (χ0n) is 8.79. The molecule has 0 aromatic heterocycles. The fourth-order valence-electron chi connectivity index (χ4n) is 2.07. The van der Waals surface area contributed by atoms with Crippen LogP contribution in [0.15, 0.2) is 18.2 Å². The van der Waals surface area contributed by atoms with Crippen LogP contribution in [0.25, 0.3) is 0 Å². The van der Waals surface area contributed by atoms with Crippen LogP contribution in [0.5, 0.6) is 0 Å². The van der Waals surface area contributed by atoms with Crippen LogP contribution in [-0.2, 0) is 6.42 Å². The minimum atomic E-state index is -0.845. The maximum atomic E-state index is 10.9. The Bertz CT molecular complexity index is 387. The quantitative estimate of drug-likeness (QED) is 0.732. The molecule has 0 unspecified atom stereocenters. The molecule has 0 radical (unpaired) electrons. The lowest BCUT2D eigenvalue weighted by atomic mass is 9.93. The van der Waals surface area contributed by atoms with E-state index < -0.39 is 5.97 Å². The molecule has 2 rings (SSSR count). The number of hydrogen-bond donors (Lipinski definition) is 2. The maximum absolute atomic E-state index is 10.9. The minimum absolute atomic E-state index is 0.391. The molecule has 80 valence electrons. The van der Waals surface area contributed by atoms with E-state index in [1.165, 1.54) is 11.1 Å². The number of aromatic carboxylic acids is 1. The van der Waals surface area contributed by atoms with Gasteiger partial charge in [-0.15, -0.1) is 0 Å². The largest absolute Gasteiger partial charge is 0.478 e. The number of carboxylic acid groups (broad SMARTS) is 1. The van der Waals surface area contributed by atoms with Crippen molar-refractivity contribution in [3.63, 3.8) is 0 Å². The molecule has 1 aliphatic rings. The first-order valence-electron chi connectivity index (χ1n) is 5.25. The van der Waals surface area contributed by atoms with E-state index in [1.807, 2.05) is 12.1 Å². The van der Waals surface area contributed by atoms with Crippen molar-refractivity contribution < 1.29 is 9.90 Å². The first kappa shape index (κ1) is 10.2. The second kappa shape index (κ2) is 4.03. The molecular formula is C12H15NO2. The molecule has 0 saturated carbocycles. The Hall–Kier alpha value is -1.35. The fourth-order valence-corrected chi connectivity index (χ4v) is 2.07. The molecule has 1 aromatic carbocycles. The molecule has 0 fully saturated rings. The van der Waals surface area contributed by atoms with E-state index in [2.05, 4.69) is 12.2 Å². The Morgan fingerprint density at radius 3 is 3.07 bits per heavy atom. The number of benzene rings is 1. The SMILES string of the molecule is C[C@@H]1CNCCc2ccc(C(=O)O)cc21. The number of fused-ring (bicyclic) bond motifs is 1. The lowest BCUT2D eigenvalue weighted by Gasteiger charge is -2.12. The summed E-state index contributed by atoms with van der Waals surface area (Å²) in [5.41, 5.74) is 2.85. The third-order valence-electron chi connectivity index (χ3n) is 2.95. The van der Waals surface area contributed by atoms with Gasteiger partial charge in [-0.25, -0.2) is 4.79 Å². The average Bonchev–Trinajstić information content (AvgIpc) is 2.40. The highest BCUT2D eigenvalue weighted by atomic mass is 16.4. The second-order valence-electron chi connectivity index (χ2n) is 4.07. The van der Waals surface area contributed by atoms with E-state index in [9.17, 15) is 4.79 Å². The van der Waals surface area contributed by atoms with E-state index in [4.69, 9.17) is 5.11 Å². The van der Waals surface area contributed by atoms with Crippen molar-refractivity contribution in [2.45, 2.75) is 19.3 Å². The highest BCUT2D eigenvalue weighted by Gasteiger charge is 2.16. The molecule has 0 amide bonds. The molecule has 3 nitrogen and oxygen atoms in total. The summed E-state index contributed by atoms with van der Waals surface area (Å²) in [5, 5.41) is 12.3. The van der Waals surface area contributed by atoms with Crippen molar-refractivity contribution in [1.82, 2.24) is 5.32 Å². The van der Waals surface area contributed by atoms with Gasteiger partial charge in [-0.1, -0.05) is 13.0 Å². The van der Waals surface area contributed by atoms with Gasteiger partial charge in [0.25, 0.3) is 0 Å². The lowest BCUT2D eigenvalue weighted by Crippen LogP contribution is -2.18. The molecule has 0 bridgehead atoms.